The molecule has 0 saturated heterocycles. The third-order valence-electron chi connectivity index (χ3n) is 2.39. The van der Waals surface area contributed by atoms with Gasteiger partial charge in [-0.15, -0.1) is 24.0 Å². The Hall–Kier alpha value is -1.60. The molecule has 0 radical (unpaired) electrons. The van der Waals surface area contributed by atoms with Crippen LogP contribution in [0.5, 0.6) is 0 Å². The van der Waals surface area contributed by atoms with E-state index in [2.05, 4.69) is 17.6 Å². The van der Waals surface area contributed by atoms with E-state index in [1.807, 2.05) is 0 Å². The molecule has 0 aliphatic rings. The van der Waals surface area contributed by atoms with Crippen molar-refractivity contribution in [2.75, 3.05) is 0 Å². The second kappa shape index (κ2) is 4.95. The van der Waals surface area contributed by atoms with Crippen LogP contribution in [0, 0.1) is 0 Å². The molecule has 0 aliphatic heterocycles. The molecule has 0 spiro atoms. The summed E-state index contributed by atoms with van der Waals surface area (Å²) in [5.74, 6) is -3.46. The molecule has 18 heavy (non-hydrogen) atoms. The standard InChI is InChI=1S/C11H9NO4S2/c13-8(14)4-5(11(15)16)10-12-9-6(17)2-1-3-7(9)18-10/h1-3,5,17H,4H2,(H,13,14)(H,15,16). The molecule has 2 aromatic rings. The van der Waals surface area contributed by atoms with E-state index in [1.54, 1.807) is 18.2 Å². The highest BCUT2D eigenvalue weighted by Gasteiger charge is 2.26. The number of fused-ring (bicyclic) bond motifs is 1. The first-order valence-electron chi connectivity index (χ1n) is 5.02. The van der Waals surface area contributed by atoms with E-state index in [4.69, 9.17) is 10.2 Å². The zero-order chi connectivity index (χ0) is 13.3. The van der Waals surface area contributed by atoms with Crippen molar-refractivity contribution in [2.45, 2.75) is 17.2 Å². The van der Waals surface area contributed by atoms with Gasteiger partial charge in [0.05, 0.1) is 16.6 Å². The average Bonchev–Trinajstić information content (AvgIpc) is 2.70. The Kier molecular flexibility index (Phi) is 3.53. The van der Waals surface area contributed by atoms with E-state index in [9.17, 15) is 9.59 Å². The summed E-state index contributed by atoms with van der Waals surface area (Å²) in [5, 5.41) is 18.1. The van der Waals surface area contributed by atoms with E-state index in [0.29, 0.717) is 15.4 Å². The van der Waals surface area contributed by atoms with E-state index in [0.717, 1.165) is 4.70 Å². The molecule has 0 saturated carbocycles. The van der Waals surface area contributed by atoms with Crippen LogP contribution < -0.4 is 0 Å². The van der Waals surface area contributed by atoms with Gasteiger partial charge in [-0.25, -0.2) is 4.98 Å². The Labute approximate surface area is 111 Å². The number of carboxylic acids is 2. The van der Waals surface area contributed by atoms with Gasteiger partial charge in [0, 0.05) is 4.90 Å². The second-order valence-corrected chi connectivity index (χ2v) is 5.21. The number of nitrogens with zero attached hydrogens (tertiary/aromatic N) is 1. The summed E-state index contributed by atoms with van der Waals surface area (Å²) in [6, 6.07) is 5.34. The first-order valence-corrected chi connectivity index (χ1v) is 6.28. The molecule has 94 valence electrons. The van der Waals surface area contributed by atoms with Gasteiger partial charge >= 0.3 is 11.9 Å². The van der Waals surface area contributed by atoms with Crippen LogP contribution in [-0.4, -0.2) is 27.1 Å². The lowest BCUT2D eigenvalue weighted by Crippen LogP contribution is -2.15. The molecule has 1 heterocycles. The third-order valence-corrected chi connectivity index (χ3v) is 3.88. The van der Waals surface area contributed by atoms with Crippen LogP contribution in [-0.2, 0) is 9.59 Å². The van der Waals surface area contributed by atoms with Gasteiger partial charge in [-0.2, -0.15) is 0 Å². The van der Waals surface area contributed by atoms with Gasteiger partial charge in [0.15, 0.2) is 0 Å². The quantitative estimate of drug-likeness (QED) is 0.749. The van der Waals surface area contributed by atoms with Gasteiger partial charge in [0.25, 0.3) is 0 Å². The van der Waals surface area contributed by atoms with Gasteiger partial charge in [0.2, 0.25) is 0 Å². The van der Waals surface area contributed by atoms with Gasteiger partial charge in [-0.05, 0) is 12.1 Å². The number of hydrogen-bond acceptors (Lipinski definition) is 5. The van der Waals surface area contributed by atoms with Gasteiger partial charge in [-0.3, -0.25) is 9.59 Å². The summed E-state index contributed by atoms with van der Waals surface area (Å²) in [5.41, 5.74) is 0.609. The zero-order valence-electron chi connectivity index (χ0n) is 9.03. The summed E-state index contributed by atoms with van der Waals surface area (Å²) in [6.07, 6.45) is -0.475. The number of para-hydroxylation sites is 1. The lowest BCUT2D eigenvalue weighted by atomic mass is 10.1. The lowest BCUT2D eigenvalue weighted by Gasteiger charge is -2.04. The molecular formula is C11H9NO4S2. The highest BCUT2D eigenvalue weighted by Crippen LogP contribution is 2.32. The first kappa shape index (κ1) is 12.8. The molecule has 7 heteroatoms. The predicted octanol–water partition coefficient (Wildman–Crippen LogP) is 2.23. The Balaban J connectivity index is 2.48. The summed E-state index contributed by atoms with van der Waals surface area (Å²) < 4.78 is 0.800. The van der Waals surface area contributed by atoms with Crippen LogP contribution in [0.15, 0.2) is 23.1 Å². The lowest BCUT2D eigenvalue weighted by molar-refractivity contribution is -0.145. The number of rotatable bonds is 4. The van der Waals surface area contributed by atoms with Crippen LogP contribution in [0.25, 0.3) is 10.2 Å². The molecule has 2 N–H and O–H groups in total. The second-order valence-electron chi connectivity index (χ2n) is 3.66. The summed E-state index contributed by atoms with van der Waals surface area (Å²) in [6.45, 7) is 0. The van der Waals surface area contributed by atoms with Crippen LogP contribution in [0.3, 0.4) is 0 Å². The monoisotopic (exact) mass is 283 g/mol. The topological polar surface area (TPSA) is 87.5 Å². The molecule has 0 aliphatic carbocycles. The third kappa shape index (κ3) is 2.46. The van der Waals surface area contributed by atoms with Crippen molar-refractivity contribution in [1.29, 1.82) is 0 Å². The maximum atomic E-state index is 11.1. The van der Waals surface area contributed by atoms with E-state index in [-0.39, 0.29) is 0 Å². The Bertz CT molecular complexity index is 623. The number of aromatic nitrogens is 1. The molecule has 5 nitrogen and oxygen atoms in total. The van der Waals surface area contributed by atoms with Gasteiger partial charge in [-0.1, -0.05) is 6.07 Å². The van der Waals surface area contributed by atoms with Crippen LogP contribution in [0.2, 0.25) is 0 Å². The fourth-order valence-electron chi connectivity index (χ4n) is 1.56. The van der Waals surface area contributed by atoms with Crippen molar-refractivity contribution >= 4 is 46.1 Å². The van der Waals surface area contributed by atoms with Crippen molar-refractivity contribution in [1.82, 2.24) is 4.98 Å². The van der Waals surface area contributed by atoms with Gasteiger partial charge < -0.3 is 10.2 Å². The number of carboxylic acid groups (broad SMARTS) is 2. The summed E-state index contributed by atoms with van der Waals surface area (Å²) in [4.78, 5) is 26.6. The zero-order valence-corrected chi connectivity index (χ0v) is 10.7. The van der Waals surface area contributed by atoms with E-state index < -0.39 is 24.3 Å². The van der Waals surface area contributed by atoms with Crippen molar-refractivity contribution < 1.29 is 19.8 Å². The highest BCUT2D eigenvalue weighted by molar-refractivity contribution is 7.80. The minimum Gasteiger partial charge on any atom is -0.481 e. The van der Waals surface area contributed by atoms with Crippen LogP contribution in [0.4, 0.5) is 0 Å². The number of thiazole rings is 1. The number of carbonyl (C=O) groups is 2. The molecule has 0 fully saturated rings. The number of thiol groups is 1. The first-order chi connectivity index (χ1) is 8.49. The summed E-state index contributed by atoms with van der Waals surface area (Å²) >= 11 is 5.42. The average molecular weight is 283 g/mol. The maximum Gasteiger partial charge on any atom is 0.314 e. The molecule has 1 atom stereocenters. The molecular weight excluding hydrogens is 274 g/mol. The fourth-order valence-corrected chi connectivity index (χ4v) is 2.97. The van der Waals surface area contributed by atoms with Gasteiger partial charge in [0.1, 0.15) is 10.9 Å². The highest BCUT2D eigenvalue weighted by atomic mass is 32.1. The minimum atomic E-state index is -1.18. The smallest absolute Gasteiger partial charge is 0.314 e. The Morgan fingerprint density at radius 2 is 2.11 bits per heavy atom. The van der Waals surface area contributed by atoms with Crippen molar-refractivity contribution in [3.05, 3.63) is 23.2 Å². The van der Waals surface area contributed by atoms with Crippen molar-refractivity contribution in [2.24, 2.45) is 0 Å². The van der Waals surface area contributed by atoms with Crippen molar-refractivity contribution in [3.8, 4) is 0 Å². The minimum absolute atomic E-state index is 0.293. The van der Waals surface area contributed by atoms with Crippen LogP contribution in [0.1, 0.15) is 17.3 Å². The largest absolute Gasteiger partial charge is 0.481 e. The molecule has 0 bridgehead atoms. The molecule has 1 aromatic heterocycles. The number of aliphatic carboxylic acids is 2. The molecule has 1 unspecified atom stereocenters. The number of hydrogen-bond donors (Lipinski definition) is 3. The van der Waals surface area contributed by atoms with E-state index >= 15 is 0 Å². The molecule has 2 rings (SSSR count). The normalized spacial score (nSPS) is 12.5. The Morgan fingerprint density at radius 3 is 2.67 bits per heavy atom. The molecule has 0 amide bonds. The Morgan fingerprint density at radius 1 is 1.39 bits per heavy atom. The summed E-state index contributed by atoms with van der Waals surface area (Å²) in [7, 11) is 0. The number of benzene rings is 1. The van der Waals surface area contributed by atoms with Crippen molar-refractivity contribution in [3.63, 3.8) is 0 Å². The van der Waals surface area contributed by atoms with E-state index in [1.165, 1.54) is 11.3 Å². The maximum absolute atomic E-state index is 11.1. The molecule has 1 aromatic carbocycles. The van der Waals surface area contributed by atoms with Crippen LogP contribution >= 0.6 is 24.0 Å². The fraction of sp³-hybridized carbons (Fsp3) is 0.182. The SMILES string of the molecule is O=C(O)CC(C(=O)O)c1nc2c(S)cccc2s1. The predicted molar refractivity (Wildman–Crippen MR) is 69.5 cm³/mol.